The molecule has 1 atom stereocenters. The highest BCUT2D eigenvalue weighted by Gasteiger charge is 2.18. The second-order valence-electron chi connectivity index (χ2n) is 6.04. The summed E-state index contributed by atoms with van der Waals surface area (Å²) in [6.45, 7) is -0.0108. The number of phosphoric ester groups is 1. The van der Waals surface area contributed by atoms with Gasteiger partial charge in [-0.3, -0.25) is 4.52 Å². The Balaban J connectivity index is 1.65. The summed E-state index contributed by atoms with van der Waals surface area (Å²) in [6, 6.07) is 9.06. The molecule has 0 aliphatic carbocycles. The lowest BCUT2D eigenvalue weighted by Crippen LogP contribution is -2.35. The second-order valence-corrected chi connectivity index (χ2v) is 7.28. The van der Waals surface area contributed by atoms with Gasteiger partial charge in [-0.2, -0.15) is 4.98 Å². The highest BCUT2D eigenvalue weighted by Crippen LogP contribution is 2.35. The predicted octanol–water partition coefficient (Wildman–Crippen LogP) is 1.10. The Labute approximate surface area is 160 Å². The largest absolute Gasteiger partial charge is 0.471 e. The third-order valence-corrected chi connectivity index (χ3v) is 4.46. The molecule has 0 radical (unpaired) electrons. The molecule has 0 saturated carbocycles. The number of hydrogen-bond donors (Lipinski definition) is 5. The van der Waals surface area contributed by atoms with E-state index in [2.05, 4.69) is 24.8 Å². The highest BCUT2D eigenvalue weighted by molar-refractivity contribution is 7.46. The molecular weight excluding hydrogens is 387 g/mol. The van der Waals surface area contributed by atoms with E-state index in [1.165, 1.54) is 6.33 Å². The zero-order valence-electron chi connectivity index (χ0n) is 14.9. The van der Waals surface area contributed by atoms with Crippen LogP contribution in [0.5, 0.6) is 5.88 Å². The first-order valence-corrected chi connectivity index (χ1v) is 10.0. The first-order valence-electron chi connectivity index (χ1n) is 8.48. The van der Waals surface area contributed by atoms with Crippen molar-refractivity contribution in [2.75, 3.05) is 13.2 Å². The number of hydrogen-bond acceptors (Lipinski definition) is 7. The van der Waals surface area contributed by atoms with Crippen molar-refractivity contribution in [3.63, 3.8) is 0 Å². The smallest absolute Gasteiger partial charge is 0.469 e. The molecule has 1 unspecified atom stereocenters. The predicted molar refractivity (Wildman–Crippen MR) is 100 cm³/mol. The van der Waals surface area contributed by atoms with Gasteiger partial charge in [0.15, 0.2) is 0 Å². The lowest BCUT2D eigenvalue weighted by Gasteiger charge is -2.16. The molecule has 0 amide bonds. The molecule has 0 saturated heterocycles. The quantitative estimate of drug-likeness (QED) is 0.311. The first-order chi connectivity index (χ1) is 13.5. The van der Waals surface area contributed by atoms with Crippen molar-refractivity contribution < 1.29 is 28.7 Å². The van der Waals surface area contributed by atoms with E-state index in [-0.39, 0.29) is 13.2 Å². The van der Waals surface area contributed by atoms with Crippen LogP contribution < -0.4 is 10.1 Å². The van der Waals surface area contributed by atoms with Crippen LogP contribution in [0.4, 0.5) is 0 Å². The number of ether oxygens (including phenoxy) is 1. The van der Waals surface area contributed by atoms with Crippen LogP contribution in [-0.4, -0.2) is 49.1 Å². The van der Waals surface area contributed by atoms with Crippen molar-refractivity contribution in [3.8, 4) is 5.88 Å². The Morgan fingerprint density at radius 2 is 2.00 bits per heavy atom. The molecule has 11 heteroatoms. The van der Waals surface area contributed by atoms with Gasteiger partial charge < -0.3 is 29.9 Å². The summed E-state index contributed by atoms with van der Waals surface area (Å²) >= 11 is 0. The van der Waals surface area contributed by atoms with Crippen LogP contribution in [0, 0.1) is 0 Å². The fourth-order valence-corrected chi connectivity index (χ4v) is 2.93. The van der Waals surface area contributed by atoms with Crippen LogP contribution in [0.25, 0.3) is 11.0 Å². The number of aromatic nitrogens is 3. The number of nitrogens with zero attached hydrogens (tertiary/aromatic N) is 2. The van der Waals surface area contributed by atoms with Crippen molar-refractivity contribution in [1.82, 2.24) is 20.3 Å². The van der Waals surface area contributed by atoms with Gasteiger partial charge in [0.1, 0.15) is 18.5 Å². The average Bonchev–Trinajstić information content (AvgIpc) is 3.10. The number of rotatable bonds is 10. The summed E-state index contributed by atoms with van der Waals surface area (Å²) in [5.41, 5.74) is 3.09. The van der Waals surface area contributed by atoms with Gasteiger partial charge in [0, 0.05) is 18.3 Å². The van der Waals surface area contributed by atoms with Gasteiger partial charge in [-0.25, -0.2) is 9.55 Å². The van der Waals surface area contributed by atoms with Crippen molar-refractivity contribution in [3.05, 3.63) is 54.0 Å². The zero-order valence-corrected chi connectivity index (χ0v) is 15.7. The number of fused-ring (bicyclic) bond motifs is 1. The number of H-pyrrole nitrogens is 1. The molecule has 2 heterocycles. The number of phosphoric acid groups is 1. The number of aromatic amines is 1. The van der Waals surface area contributed by atoms with E-state index in [4.69, 9.17) is 14.5 Å². The van der Waals surface area contributed by atoms with Gasteiger partial charge >= 0.3 is 7.82 Å². The molecule has 0 fully saturated rings. The van der Waals surface area contributed by atoms with Gasteiger partial charge in [0.2, 0.25) is 5.88 Å². The average molecular weight is 408 g/mol. The molecule has 28 heavy (non-hydrogen) atoms. The van der Waals surface area contributed by atoms with Gasteiger partial charge in [-0.05, 0) is 5.56 Å². The summed E-state index contributed by atoms with van der Waals surface area (Å²) in [5.74, 6) is 0.420. The van der Waals surface area contributed by atoms with Crippen molar-refractivity contribution >= 4 is 18.9 Å². The standard InChI is InChI=1S/C17H21N4O6P/c22-8-14(10-27-28(23,24)25)18-6-13-7-19-16-15(13)20-11-21-17(16)26-9-12-4-2-1-3-5-12/h1-5,7,11,14,18-19,22H,6,8-10H2,(H2,23,24,25). The normalized spacial score (nSPS) is 13.0. The van der Waals surface area contributed by atoms with Gasteiger partial charge in [-0.15, -0.1) is 0 Å². The van der Waals surface area contributed by atoms with Crippen LogP contribution in [0.3, 0.4) is 0 Å². The monoisotopic (exact) mass is 408 g/mol. The molecule has 0 bridgehead atoms. The van der Waals surface area contributed by atoms with Gasteiger partial charge in [0.25, 0.3) is 0 Å². The Bertz CT molecular complexity index is 945. The van der Waals surface area contributed by atoms with E-state index >= 15 is 0 Å². The fraction of sp³-hybridized carbons (Fsp3) is 0.294. The van der Waals surface area contributed by atoms with E-state index in [1.807, 2.05) is 30.3 Å². The van der Waals surface area contributed by atoms with Crippen LogP contribution in [0.15, 0.2) is 42.9 Å². The summed E-state index contributed by atoms with van der Waals surface area (Å²) in [4.78, 5) is 29.0. The third-order valence-electron chi connectivity index (χ3n) is 3.97. The van der Waals surface area contributed by atoms with Gasteiger partial charge in [0.05, 0.1) is 24.8 Å². The molecule has 2 aromatic heterocycles. The zero-order chi connectivity index (χ0) is 20.0. The molecule has 0 aliphatic rings. The molecule has 3 rings (SSSR count). The minimum atomic E-state index is -4.59. The molecule has 1 aromatic carbocycles. The summed E-state index contributed by atoms with van der Waals surface area (Å²) in [7, 11) is -4.59. The van der Waals surface area contributed by atoms with Crippen LogP contribution >= 0.6 is 7.82 Å². The molecule has 0 aliphatic heterocycles. The SMILES string of the molecule is O=P(O)(O)OCC(CO)NCc1c[nH]c2c(OCc3ccccc3)ncnc12. The number of nitrogens with one attached hydrogen (secondary N) is 2. The Morgan fingerprint density at radius 1 is 1.21 bits per heavy atom. The molecular formula is C17H21N4O6P. The van der Waals surface area contributed by atoms with E-state index in [1.54, 1.807) is 6.20 Å². The van der Waals surface area contributed by atoms with Crippen molar-refractivity contribution in [2.24, 2.45) is 0 Å². The Morgan fingerprint density at radius 3 is 2.71 bits per heavy atom. The van der Waals surface area contributed by atoms with Crippen molar-refractivity contribution in [1.29, 1.82) is 0 Å². The minimum Gasteiger partial charge on any atom is -0.471 e. The van der Waals surface area contributed by atoms with E-state index in [9.17, 15) is 9.67 Å². The van der Waals surface area contributed by atoms with E-state index in [0.29, 0.717) is 30.1 Å². The molecule has 10 nitrogen and oxygen atoms in total. The Kier molecular flexibility index (Phi) is 6.74. The molecule has 3 aromatic rings. The number of benzene rings is 1. The van der Waals surface area contributed by atoms with Gasteiger partial charge in [-0.1, -0.05) is 30.3 Å². The molecule has 5 N–H and O–H groups in total. The molecule has 150 valence electrons. The summed E-state index contributed by atoms with van der Waals surface area (Å²) in [6.07, 6.45) is 3.14. The first kappa shape index (κ1) is 20.4. The number of aliphatic hydroxyl groups is 1. The van der Waals surface area contributed by atoms with E-state index in [0.717, 1.165) is 11.1 Å². The maximum Gasteiger partial charge on any atom is 0.469 e. The van der Waals surface area contributed by atoms with Crippen molar-refractivity contribution in [2.45, 2.75) is 19.2 Å². The lowest BCUT2D eigenvalue weighted by atomic mass is 10.2. The highest BCUT2D eigenvalue weighted by atomic mass is 31.2. The topological polar surface area (TPSA) is 150 Å². The van der Waals surface area contributed by atoms with Crippen LogP contribution in [0.2, 0.25) is 0 Å². The fourth-order valence-electron chi connectivity index (χ4n) is 2.56. The minimum absolute atomic E-state index is 0.297. The third kappa shape index (κ3) is 5.59. The summed E-state index contributed by atoms with van der Waals surface area (Å²) in [5, 5.41) is 12.3. The maximum absolute atomic E-state index is 10.8. The van der Waals surface area contributed by atoms with Crippen LogP contribution in [0.1, 0.15) is 11.1 Å². The number of aliphatic hydroxyl groups excluding tert-OH is 1. The second kappa shape index (κ2) is 9.24. The lowest BCUT2D eigenvalue weighted by molar-refractivity contribution is 0.145. The molecule has 0 spiro atoms. The maximum atomic E-state index is 10.8. The van der Waals surface area contributed by atoms with Crippen LogP contribution in [-0.2, 0) is 22.2 Å². The van der Waals surface area contributed by atoms with E-state index < -0.39 is 13.9 Å². The Hall–Kier alpha value is -2.33. The summed E-state index contributed by atoms with van der Waals surface area (Å²) < 4.78 is 21.0.